The van der Waals surface area contributed by atoms with Gasteiger partial charge in [-0.1, -0.05) is 17.3 Å². The van der Waals surface area contributed by atoms with Gasteiger partial charge in [-0.2, -0.15) is 4.98 Å². The number of anilines is 1. The highest BCUT2D eigenvalue weighted by molar-refractivity contribution is 5.98. The molecule has 8 heteroatoms. The molecule has 0 aliphatic carbocycles. The van der Waals surface area contributed by atoms with Crippen molar-refractivity contribution < 1.29 is 18.8 Å². The molecule has 2 heterocycles. The molecule has 0 saturated heterocycles. The lowest BCUT2D eigenvalue weighted by molar-refractivity contribution is -0.143. The maximum absolute atomic E-state index is 11.9. The molecule has 0 aliphatic rings. The molecular formula is C17H18N4O4. The van der Waals surface area contributed by atoms with E-state index in [0.29, 0.717) is 35.0 Å². The smallest absolute Gasteiger partial charge is 0.328 e. The number of fused-ring (bicyclic) bond motifs is 1. The quantitative estimate of drug-likeness (QED) is 0.683. The van der Waals surface area contributed by atoms with E-state index >= 15 is 0 Å². The largest absolute Gasteiger partial charge is 0.497 e. The summed E-state index contributed by atoms with van der Waals surface area (Å²) in [5.41, 5.74) is 1.68. The third-order valence-electron chi connectivity index (χ3n) is 3.61. The molecule has 0 aliphatic heterocycles. The fourth-order valence-corrected chi connectivity index (χ4v) is 2.39. The maximum Gasteiger partial charge on any atom is 0.328 e. The fraction of sp³-hybridized carbons (Fsp3) is 0.294. The minimum absolute atomic E-state index is 0.312. The van der Waals surface area contributed by atoms with Gasteiger partial charge in [0.05, 0.1) is 13.7 Å². The Morgan fingerprint density at radius 3 is 2.96 bits per heavy atom. The summed E-state index contributed by atoms with van der Waals surface area (Å²) in [6.45, 7) is 3.77. The van der Waals surface area contributed by atoms with Gasteiger partial charge in [0.25, 0.3) is 5.71 Å². The van der Waals surface area contributed by atoms with Gasteiger partial charge in [0.1, 0.15) is 35.0 Å². The van der Waals surface area contributed by atoms with Crippen molar-refractivity contribution in [2.45, 2.75) is 19.9 Å². The van der Waals surface area contributed by atoms with Crippen molar-refractivity contribution in [2.75, 3.05) is 19.0 Å². The minimum atomic E-state index is -0.578. The lowest BCUT2D eigenvalue weighted by Gasteiger charge is -2.13. The van der Waals surface area contributed by atoms with E-state index in [9.17, 15) is 4.79 Å². The highest BCUT2D eigenvalue weighted by Crippen LogP contribution is 2.32. The second-order valence-electron chi connectivity index (χ2n) is 5.28. The number of ether oxygens (including phenoxy) is 2. The van der Waals surface area contributed by atoms with Gasteiger partial charge in [-0.05, 0) is 26.0 Å². The molecule has 0 spiro atoms. The lowest BCUT2D eigenvalue weighted by atomic mass is 10.1. The van der Waals surface area contributed by atoms with Crippen LogP contribution in [-0.4, -0.2) is 40.9 Å². The number of carbonyl (C=O) groups excluding carboxylic acids is 1. The van der Waals surface area contributed by atoms with Crippen LogP contribution in [0.25, 0.3) is 22.4 Å². The molecule has 1 aromatic carbocycles. The second-order valence-corrected chi connectivity index (χ2v) is 5.28. The Morgan fingerprint density at radius 2 is 2.20 bits per heavy atom. The van der Waals surface area contributed by atoms with Gasteiger partial charge in [-0.15, -0.1) is 0 Å². The van der Waals surface area contributed by atoms with Gasteiger partial charge >= 0.3 is 5.97 Å². The molecule has 0 radical (unpaired) electrons. The summed E-state index contributed by atoms with van der Waals surface area (Å²) in [4.78, 5) is 20.2. The molecule has 1 unspecified atom stereocenters. The average molecular weight is 342 g/mol. The molecule has 0 fully saturated rings. The van der Waals surface area contributed by atoms with Crippen LogP contribution in [0.1, 0.15) is 13.8 Å². The van der Waals surface area contributed by atoms with Gasteiger partial charge in [-0.3, -0.25) is 0 Å². The van der Waals surface area contributed by atoms with E-state index in [-0.39, 0.29) is 5.97 Å². The van der Waals surface area contributed by atoms with Crippen LogP contribution >= 0.6 is 0 Å². The first-order valence-corrected chi connectivity index (χ1v) is 7.82. The molecular weight excluding hydrogens is 324 g/mol. The Balaban J connectivity index is 2.02. The van der Waals surface area contributed by atoms with Crippen molar-refractivity contribution in [3.8, 4) is 17.0 Å². The van der Waals surface area contributed by atoms with Crippen molar-refractivity contribution in [3.05, 3.63) is 30.6 Å². The van der Waals surface area contributed by atoms with Crippen LogP contribution in [0.5, 0.6) is 5.75 Å². The summed E-state index contributed by atoms with van der Waals surface area (Å²) in [6, 6.07) is 6.83. The first-order valence-electron chi connectivity index (χ1n) is 7.82. The summed E-state index contributed by atoms with van der Waals surface area (Å²) < 4.78 is 15.6. The molecule has 3 rings (SSSR count). The number of benzene rings is 1. The lowest BCUT2D eigenvalue weighted by Crippen LogP contribution is -2.28. The summed E-state index contributed by atoms with van der Waals surface area (Å²) in [6.07, 6.45) is 1.35. The van der Waals surface area contributed by atoms with Crippen LogP contribution in [0.3, 0.4) is 0 Å². The van der Waals surface area contributed by atoms with Gasteiger partial charge in [0.15, 0.2) is 0 Å². The van der Waals surface area contributed by atoms with E-state index < -0.39 is 6.04 Å². The topological polar surface area (TPSA) is 99.4 Å². The van der Waals surface area contributed by atoms with Crippen molar-refractivity contribution >= 4 is 22.9 Å². The highest BCUT2D eigenvalue weighted by Gasteiger charge is 2.21. The molecule has 2 aromatic heterocycles. The Hall–Kier alpha value is -3.16. The van der Waals surface area contributed by atoms with Crippen molar-refractivity contribution in [1.82, 2.24) is 15.1 Å². The zero-order valence-corrected chi connectivity index (χ0v) is 14.1. The van der Waals surface area contributed by atoms with Crippen LogP contribution in [0.2, 0.25) is 0 Å². The molecule has 3 aromatic rings. The van der Waals surface area contributed by atoms with E-state index in [0.717, 1.165) is 5.56 Å². The zero-order chi connectivity index (χ0) is 17.8. The SMILES string of the molecule is CCOC(=O)C(C)Nc1ncnc2onc(-c3cccc(OC)c3)c12. The van der Waals surface area contributed by atoms with Gasteiger partial charge in [0, 0.05) is 5.56 Å². The van der Waals surface area contributed by atoms with E-state index in [4.69, 9.17) is 14.0 Å². The van der Waals surface area contributed by atoms with E-state index in [1.54, 1.807) is 21.0 Å². The van der Waals surface area contributed by atoms with Crippen LogP contribution in [0, 0.1) is 0 Å². The summed E-state index contributed by atoms with van der Waals surface area (Å²) >= 11 is 0. The number of nitrogens with one attached hydrogen (secondary N) is 1. The predicted molar refractivity (Wildman–Crippen MR) is 91.3 cm³/mol. The first kappa shape index (κ1) is 16.7. The van der Waals surface area contributed by atoms with Crippen LogP contribution in [-0.2, 0) is 9.53 Å². The number of carbonyl (C=O) groups is 1. The highest BCUT2D eigenvalue weighted by atomic mass is 16.5. The Morgan fingerprint density at radius 1 is 1.36 bits per heavy atom. The van der Waals surface area contributed by atoms with E-state index in [1.165, 1.54) is 6.33 Å². The van der Waals surface area contributed by atoms with Gasteiger partial charge in [0.2, 0.25) is 0 Å². The zero-order valence-electron chi connectivity index (χ0n) is 14.1. The molecule has 0 amide bonds. The number of methoxy groups -OCH3 is 1. The van der Waals surface area contributed by atoms with Crippen molar-refractivity contribution in [1.29, 1.82) is 0 Å². The fourth-order valence-electron chi connectivity index (χ4n) is 2.39. The monoisotopic (exact) mass is 342 g/mol. The molecule has 1 atom stereocenters. The Labute approximate surface area is 144 Å². The summed E-state index contributed by atoms with van der Waals surface area (Å²) in [7, 11) is 1.59. The third kappa shape index (κ3) is 3.37. The summed E-state index contributed by atoms with van der Waals surface area (Å²) in [5.74, 6) is 0.776. The second kappa shape index (κ2) is 7.16. The van der Waals surface area contributed by atoms with Crippen LogP contribution < -0.4 is 10.1 Å². The van der Waals surface area contributed by atoms with Gasteiger partial charge in [-0.25, -0.2) is 9.78 Å². The number of nitrogens with zero attached hydrogens (tertiary/aromatic N) is 3. The van der Waals surface area contributed by atoms with E-state index in [2.05, 4.69) is 20.4 Å². The third-order valence-corrected chi connectivity index (χ3v) is 3.61. The van der Waals surface area contributed by atoms with Gasteiger partial charge < -0.3 is 19.3 Å². The Kier molecular flexibility index (Phi) is 4.78. The number of rotatable bonds is 6. The molecule has 8 nitrogen and oxygen atoms in total. The summed E-state index contributed by atoms with van der Waals surface area (Å²) in [5, 5.41) is 7.73. The van der Waals surface area contributed by atoms with Crippen molar-refractivity contribution in [2.24, 2.45) is 0 Å². The Bertz CT molecular complexity index is 893. The molecule has 1 N–H and O–H groups in total. The average Bonchev–Trinajstić information content (AvgIpc) is 3.07. The number of aromatic nitrogens is 3. The number of esters is 1. The maximum atomic E-state index is 11.9. The molecule has 0 bridgehead atoms. The number of hydrogen-bond acceptors (Lipinski definition) is 8. The standard InChI is InChI=1S/C17H18N4O4/c1-4-24-17(22)10(2)20-15-13-14(21-25-16(13)19-9-18-15)11-6-5-7-12(8-11)23-3/h5-10H,4H2,1-3H3,(H,18,19,20). The molecule has 25 heavy (non-hydrogen) atoms. The van der Waals surface area contributed by atoms with Crippen LogP contribution in [0.4, 0.5) is 5.82 Å². The predicted octanol–water partition coefficient (Wildman–Crippen LogP) is 2.66. The van der Waals surface area contributed by atoms with Crippen LogP contribution in [0.15, 0.2) is 35.1 Å². The molecule has 0 saturated carbocycles. The van der Waals surface area contributed by atoms with E-state index in [1.807, 2.05) is 24.3 Å². The van der Waals surface area contributed by atoms with Crippen molar-refractivity contribution in [3.63, 3.8) is 0 Å². The normalized spacial score (nSPS) is 12.0. The molecule has 130 valence electrons. The number of hydrogen-bond donors (Lipinski definition) is 1. The first-order chi connectivity index (χ1) is 12.1. The minimum Gasteiger partial charge on any atom is -0.497 e.